The average molecular weight is 312 g/mol. The van der Waals surface area contributed by atoms with Gasteiger partial charge in [0, 0.05) is 6.42 Å². The number of unbranched alkanes of at least 4 members (excludes halogenated alkanes) is 9. The fourth-order valence-electron chi connectivity index (χ4n) is 2.47. The summed E-state index contributed by atoms with van der Waals surface area (Å²) in [5.41, 5.74) is 0. The van der Waals surface area contributed by atoms with E-state index in [4.69, 9.17) is 0 Å². The highest BCUT2D eigenvalue weighted by molar-refractivity contribution is 5.68. The molecule has 0 fully saturated rings. The standard InChI is InChI=1S/C19H36O3/c1-3-4-5-6-7-9-12-15-18(20)16-13-10-8-11-14-17-19(21)22-2/h12,15,18,20H,3-11,13-14,16-17H2,1-2H3/b15-12+. The van der Waals surface area contributed by atoms with Crippen LogP contribution in [0.1, 0.15) is 90.4 Å². The second-order valence-corrected chi connectivity index (χ2v) is 6.08. The molecule has 0 radical (unpaired) electrons. The van der Waals surface area contributed by atoms with Crippen molar-refractivity contribution in [3.05, 3.63) is 12.2 Å². The molecule has 3 nitrogen and oxygen atoms in total. The van der Waals surface area contributed by atoms with Crippen molar-refractivity contribution in [1.29, 1.82) is 0 Å². The highest BCUT2D eigenvalue weighted by Gasteiger charge is 2.01. The third kappa shape index (κ3) is 15.6. The first-order valence-electron chi connectivity index (χ1n) is 9.12. The molecule has 0 aliphatic heterocycles. The van der Waals surface area contributed by atoms with Crippen LogP contribution < -0.4 is 0 Å². The molecule has 1 atom stereocenters. The number of aliphatic hydroxyl groups is 1. The summed E-state index contributed by atoms with van der Waals surface area (Å²) in [6.07, 6.45) is 18.1. The number of allylic oxidation sites excluding steroid dienone is 1. The van der Waals surface area contributed by atoms with Crippen LogP contribution in [0, 0.1) is 0 Å². The van der Waals surface area contributed by atoms with Crippen LogP contribution in [0.4, 0.5) is 0 Å². The van der Waals surface area contributed by atoms with E-state index in [9.17, 15) is 9.90 Å². The first-order chi connectivity index (χ1) is 10.7. The van der Waals surface area contributed by atoms with Gasteiger partial charge in [-0.15, -0.1) is 0 Å². The summed E-state index contributed by atoms with van der Waals surface area (Å²) in [5, 5.41) is 9.85. The third-order valence-corrected chi connectivity index (χ3v) is 3.94. The summed E-state index contributed by atoms with van der Waals surface area (Å²) in [5.74, 6) is -0.116. The predicted molar refractivity (Wildman–Crippen MR) is 92.9 cm³/mol. The minimum absolute atomic E-state index is 0.116. The zero-order valence-corrected chi connectivity index (χ0v) is 14.7. The summed E-state index contributed by atoms with van der Waals surface area (Å²) in [4.78, 5) is 10.9. The van der Waals surface area contributed by atoms with E-state index in [-0.39, 0.29) is 12.1 Å². The zero-order chi connectivity index (χ0) is 16.5. The Hall–Kier alpha value is -0.830. The largest absolute Gasteiger partial charge is 0.469 e. The van der Waals surface area contributed by atoms with Gasteiger partial charge in [-0.2, -0.15) is 0 Å². The molecule has 0 rings (SSSR count). The highest BCUT2D eigenvalue weighted by atomic mass is 16.5. The molecular formula is C19H36O3. The highest BCUT2D eigenvalue weighted by Crippen LogP contribution is 2.10. The number of esters is 1. The molecule has 1 unspecified atom stereocenters. The van der Waals surface area contributed by atoms with Crippen molar-refractivity contribution in [2.24, 2.45) is 0 Å². The van der Waals surface area contributed by atoms with Crippen LogP contribution >= 0.6 is 0 Å². The Balaban J connectivity index is 3.31. The van der Waals surface area contributed by atoms with Gasteiger partial charge in [0.2, 0.25) is 0 Å². The van der Waals surface area contributed by atoms with Gasteiger partial charge in [0.25, 0.3) is 0 Å². The summed E-state index contributed by atoms with van der Waals surface area (Å²) in [6, 6.07) is 0. The minimum Gasteiger partial charge on any atom is -0.469 e. The van der Waals surface area contributed by atoms with Crippen LogP contribution in [0.3, 0.4) is 0 Å². The van der Waals surface area contributed by atoms with Gasteiger partial charge in [0.05, 0.1) is 13.2 Å². The van der Waals surface area contributed by atoms with Crippen molar-refractivity contribution in [2.45, 2.75) is 96.5 Å². The maximum Gasteiger partial charge on any atom is 0.305 e. The second-order valence-electron chi connectivity index (χ2n) is 6.08. The number of hydrogen-bond donors (Lipinski definition) is 1. The monoisotopic (exact) mass is 312 g/mol. The van der Waals surface area contributed by atoms with E-state index in [0.29, 0.717) is 6.42 Å². The van der Waals surface area contributed by atoms with Crippen molar-refractivity contribution in [3.63, 3.8) is 0 Å². The Morgan fingerprint density at radius 2 is 1.64 bits per heavy atom. The van der Waals surface area contributed by atoms with Gasteiger partial charge in [0.1, 0.15) is 0 Å². The van der Waals surface area contributed by atoms with Crippen molar-refractivity contribution in [1.82, 2.24) is 0 Å². The van der Waals surface area contributed by atoms with Crippen molar-refractivity contribution >= 4 is 5.97 Å². The molecule has 0 bridgehead atoms. The van der Waals surface area contributed by atoms with Gasteiger partial charge in [-0.1, -0.05) is 70.4 Å². The van der Waals surface area contributed by atoms with E-state index in [1.54, 1.807) is 0 Å². The van der Waals surface area contributed by atoms with Crippen molar-refractivity contribution in [3.8, 4) is 0 Å². The molecule has 0 amide bonds. The summed E-state index contributed by atoms with van der Waals surface area (Å²) >= 11 is 0. The van der Waals surface area contributed by atoms with E-state index in [0.717, 1.165) is 44.9 Å². The molecule has 0 aliphatic carbocycles. The zero-order valence-electron chi connectivity index (χ0n) is 14.7. The van der Waals surface area contributed by atoms with E-state index >= 15 is 0 Å². The molecule has 3 heteroatoms. The van der Waals surface area contributed by atoms with E-state index in [1.165, 1.54) is 39.2 Å². The van der Waals surface area contributed by atoms with Crippen LogP contribution in [0.25, 0.3) is 0 Å². The molecule has 1 N–H and O–H groups in total. The number of rotatable bonds is 15. The van der Waals surface area contributed by atoms with E-state index < -0.39 is 0 Å². The second kappa shape index (κ2) is 16.5. The maximum atomic E-state index is 10.9. The Bertz CT molecular complexity index is 274. The van der Waals surface area contributed by atoms with Gasteiger partial charge in [0.15, 0.2) is 0 Å². The summed E-state index contributed by atoms with van der Waals surface area (Å²) in [6.45, 7) is 2.23. The average Bonchev–Trinajstić information content (AvgIpc) is 2.52. The molecule has 22 heavy (non-hydrogen) atoms. The van der Waals surface area contributed by atoms with Gasteiger partial charge >= 0.3 is 5.97 Å². The Morgan fingerprint density at radius 3 is 2.36 bits per heavy atom. The van der Waals surface area contributed by atoms with Crippen LogP contribution in [-0.4, -0.2) is 24.3 Å². The van der Waals surface area contributed by atoms with Crippen molar-refractivity contribution in [2.75, 3.05) is 7.11 Å². The smallest absolute Gasteiger partial charge is 0.305 e. The Morgan fingerprint density at radius 1 is 1.00 bits per heavy atom. The summed E-state index contributed by atoms with van der Waals surface area (Å²) < 4.78 is 4.60. The van der Waals surface area contributed by atoms with Crippen LogP contribution in [0.2, 0.25) is 0 Å². The SMILES string of the molecule is CCCCCCC/C=C/C(O)CCCCCCCC(=O)OC. The molecule has 0 saturated carbocycles. The van der Waals surface area contributed by atoms with Gasteiger partial charge in [-0.25, -0.2) is 0 Å². The minimum atomic E-state index is -0.286. The molecule has 130 valence electrons. The molecular weight excluding hydrogens is 276 g/mol. The van der Waals surface area contributed by atoms with Crippen molar-refractivity contribution < 1.29 is 14.6 Å². The van der Waals surface area contributed by atoms with E-state index in [1.807, 2.05) is 6.08 Å². The molecule has 0 aliphatic rings. The summed E-state index contributed by atoms with van der Waals surface area (Å²) in [7, 11) is 1.43. The quantitative estimate of drug-likeness (QED) is 0.258. The number of carbonyl (C=O) groups excluding carboxylic acids is 1. The number of hydrogen-bond acceptors (Lipinski definition) is 3. The van der Waals surface area contributed by atoms with Crippen LogP contribution in [0.5, 0.6) is 0 Å². The van der Waals surface area contributed by atoms with Gasteiger partial charge in [-0.05, 0) is 25.7 Å². The molecule has 0 aromatic heterocycles. The number of methoxy groups -OCH3 is 1. The lowest BCUT2D eigenvalue weighted by molar-refractivity contribution is -0.140. The van der Waals surface area contributed by atoms with Crippen LogP contribution in [-0.2, 0) is 9.53 Å². The Kier molecular flexibility index (Phi) is 15.9. The topological polar surface area (TPSA) is 46.5 Å². The van der Waals surface area contributed by atoms with Crippen LogP contribution in [0.15, 0.2) is 12.2 Å². The Labute approximate surface area is 137 Å². The number of carbonyl (C=O) groups is 1. The first-order valence-corrected chi connectivity index (χ1v) is 9.12. The molecule has 0 aromatic rings. The fraction of sp³-hybridized carbons (Fsp3) is 0.842. The number of aliphatic hydroxyl groups excluding tert-OH is 1. The molecule has 0 aromatic carbocycles. The molecule has 0 spiro atoms. The predicted octanol–water partition coefficient (Wildman–Crippen LogP) is 5.17. The maximum absolute atomic E-state index is 10.9. The van der Waals surface area contributed by atoms with E-state index in [2.05, 4.69) is 17.7 Å². The number of ether oxygens (including phenoxy) is 1. The fourth-order valence-corrected chi connectivity index (χ4v) is 2.47. The first kappa shape index (κ1) is 21.2. The molecule has 0 saturated heterocycles. The normalized spacial score (nSPS) is 12.7. The lowest BCUT2D eigenvalue weighted by atomic mass is 10.1. The van der Waals surface area contributed by atoms with Gasteiger partial charge < -0.3 is 9.84 Å². The van der Waals surface area contributed by atoms with Gasteiger partial charge in [-0.3, -0.25) is 4.79 Å². The lowest BCUT2D eigenvalue weighted by Gasteiger charge is -2.05. The lowest BCUT2D eigenvalue weighted by Crippen LogP contribution is -2.01. The third-order valence-electron chi connectivity index (χ3n) is 3.94. The molecule has 0 heterocycles.